The zero-order valence-corrected chi connectivity index (χ0v) is 12.9. The number of rotatable bonds is 7. The van der Waals surface area contributed by atoms with E-state index in [1.54, 1.807) is 0 Å². The van der Waals surface area contributed by atoms with Crippen LogP contribution in [0.25, 0.3) is 0 Å². The van der Waals surface area contributed by atoms with Crippen LogP contribution in [0.1, 0.15) is 17.5 Å². The fraction of sp³-hybridized carbons (Fsp3) is 0.278. The number of aliphatic hydroxyl groups is 1. The summed E-state index contributed by atoms with van der Waals surface area (Å²) >= 11 is 0. The SMILES string of the molecule is N[C@H](NC(=O)OCc1ccccc1)C(O)CCc1ccccc1. The van der Waals surface area contributed by atoms with Gasteiger partial charge in [-0.3, -0.25) is 0 Å². The Labute approximate surface area is 136 Å². The van der Waals surface area contributed by atoms with Crippen molar-refractivity contribution in [2.24, 2.45) is 5.73 Å². The third-order valence-electron chi connectivity index (χ3n) is 3.48. The average molecular weight is 314 g/mol. The van der Waals surface area contributed by atoms with Crippen molar-refractivity contribution in [2.75, 3.05) is 0 Å². The molecule has 2 aromatic rings. The van der Waals surface area contributed by atoms with Crippen molar-refractivity contribution in [3.8, 4) is 0 Å². The van der Waals surface area contributed by atoms with Gasteiger partial charge in [0.1, 0.15) is 12.8 Å². The first-order valence-electron chi connectivity index (χ1n) is 7.60. The van der Waals surface area contributed by atoms with Crippen LogP contribution < -0.4 is 11.1 Å². The van der Waals surface area contributed by atoms with Crippen molar-refractivity contribution in [3.63, 3.8) is 0 Å². The average Bonchev–Trinajstić information content (AvgIpc) is 2.59. The second-order valence-electron chi connectivity index (χ2n) is 5.32. The Hall–Kier alpha value is -2.37. The Morgan fingerprint density at radius 2 is 1.61 bits per heavy atom. The first-order valence-corrected chi connectivity index (χ1v) is 7.60. The molecule has 1 amide bonds. The van der Waals surface area contributed by atoms with Crippen molar-refractivity contribution < 1.29 is 14.6 Å². The molecule has 23 heavy (non-hydrogen) atoms. The van der Waals surface area contributed by atoms with Crippen LogP contribution in [0.5, 0.6) is 0 Å². The minimum absolute atomic E-state index is 0.166. The van der Waals surface area contributed by atoms with E-state index in [4.69, 9.17) is 10.5 Å². The van der Waals surface area contributed by atoms with E-state index in [1.165, 1.54) is 0 Å². The molecule has 4 N–H and O–H groups in total. The lowest BCUT2D eigenvalue weighted by Gasteiger charge is -2.20. The van der Waals surface area contributed by atoms with Crippen LogP contribution in [0.3, 0.4) is 0 Å². The third kappa shape index (κ3) is 6.10. The highest BCUT2D eigenvalue weighted by Gasteiger charge is 2.17. The van der Waals surface area contributed by atoms with Crippen molar-refractivity contribution >= 4 is 6.09 Å². The van der Waals surface area contributed by atoms with E-state index in [9.17, 15) is 9.90 Å². The van der Waals surface area contributed by atoms with E-state index < -0.39 is 18.4 Å². The molecule has 0 saturated heterocycles. The van der Waals surface area contributed by atoms with Gasteiger partial charge in [-0.15, -0.1) is 0 Å². The fourth-order valence-corrected chi connectivity index (χ4v) is 2.14. The standard InChI is InChI=1S/C18H22N2O3/c19-17(16(21)12-11-14-7-3-1-4-8-14)20-18(22)23-13-15-9-5-2-6-10-15/h1-10,16-17,21H,11-13,19H2,(H,20,22)/t16?,17-/m1/s1. The number of aliphatic hydroxyl groups excluding tert-OH is 1. The zero-order valence-electron chi connectivity index (χ0n) is 12.9. The highest BCUT2D eigenvalue weighted by Crippen LogP contribution is 2.06. The van der Waals surface area contributed by atoms with Crippen LogP contribution in [-0.2, 0) is 17.8 Å². The second-order valence-corrected chi connectivity index (χ2v) is 5.32. The largest absolute Gasteiger partial charge is 0.445 e. The van der Waals surface area contributed by atoms with Crippen LogP contribution in [0.4, 0.5) is 4.79 Å². The Balaban J connectivity index is 1.70. The summed E-state index contributed by atoms with van der Waals surface area (Å²) in [6.07, 6.45) is -1.18. The maximum atomic E-state index is 11.7. The van der Waals surface area contributed by atoms with E-state index in [0.717, 1.165) is 11.1 Å². The molecule has 0 aliphatic heterocycles. The topological polar surface area (TPSA) is 84.6 Å². The number of ether oxygens (including phenoxy) is 1. The summed E-state index contributed by atoms with van der Waals surface area (Å²) in [5.41, 5.74) is 7.80. The van der Waals surface area contributed by atoms with E-state index in [1.807, 2.05) is 60.7 Å². The number of benzene rings is 2. The van der Waals surface area contributed by atoms with Crippen LogP contribution >= 0.6 is 0 Å². The Kier molecular flexibility index (Phi) is 6.59. The molecule has 0 aliphatic carbocycles. The fourth-order valence-electron chi connectivity index (χ4n) is 2.14. The maximum Gasteiger partial charge on any atom is 0.408 e. The Morgan fingerprint density at radius 3 is 2.22 bits per heavy atom. The number of carbonyl (C=O) groups excluding carboxylic acids is 1. The summed E-state index contributed by atoms with van der Waals surface area (Å²) in [5, 5.41) is 12.5. The van der Waals surface area contributed by atoms with Crippen LogP contribution in [0, 0.1) is 0 Å². The maximum absolute atomic E-state index is 11.7. The molecule has 0 bridgehead atoms. The molecule has 122 valence electrons. The molecule has 5 nitrogen and oxygen atoms in total. The highest BCUT2D eigenvalue weighted by molar-refractivity contribution is 5.67. The van der Waals surface area contributed by atoms with Crippen molar-refractivity contribution in [2.45, 2.75) is 31.7 Å². The molecule has 0 radical (unpaired) electrons. The number of nitrogens with one attached hydrogen (secondary N) is 1. The van der Waals surface area contributed by atoms with Gasteiger partial charge in [-0.1, -0.05) is 60.7 Å². The van der Waals surface area contributed by atoms with Gasteiger partial charge in [0.05, 0.1) is 6.10 Å². The minimum atomic E-state index is -0.859. The number of carbonyl (C=O) groups is 1. The molecule has 0 fully saturated rings. The van der Waals surface area contributed by atoms with Gasteiger partial charge in [-0.05, 0) is 24.0 Å². The molecule has 0 aromatic heterocycles. The molecular weight excluding hydrogens is 292 g/mol. The summed E-state index contributed by atoms with van der Waals surface area (Å²) in [6, 6.07) is 19.2. The monoisotopic (exact) mass is 314 g/mol. The van der Waals surface area contributed by atoms with Gasteiger partial charge in [0, 0.05) is 0 Å². The van der Waals surface area contributed by atoms with Gasteiger partial charge in [0.25, 0.3) is 0 Å². The van der Waals surface area contributed by atoms with E-state index >= 15 is 0 Å². The zero-order chi connectivity index (χ0) is 16.5. The molecule has 5 heteroatoms. The summed E-state index contributed by atoms with van der Waals surface area (Å²) in [6.45, 7) is 0.166. The minimum Gasteiger partial charge on any atom is -0.445 e. The normalized spacial score (nSPS) is 13.1. The molecule has 0 aliphatic rings. The van der Waals surface area contributed by atoms with E-state index in [0.29, 0.717) is 12.8 Å². The Morgan fingerprint density at radius 1 is 1.04 bits per heavy atom. The first kappa shape index (κ1) is 17.0. The Bertz CT molecular complexity index is 590. The van der Waals surface area contributed by atoms with Gasteiger partial charge < -0.3 is 20.9 Å². The summed E-state index contributed by atoms with van der Waals surface area (Å²) in [7, 11) is 0. The molecule has 2 rings (SSSR count). The first-order chi connectivity index (χ1) is 11.1. The second kappa shape index (κ2) is 8.92. The summed E-state index contributed by atoms with van der Waals surface area (Å²) in [4.78, 5) is 11.7. The van der Waals surface area contributed by atoms with Crippen LogP contribution in [0.2, 0.25) is 0 Å². The van der Waals surface area contributed by atoms with Crippen molar-refractivity contribution in [3.05, 3.63) is 71.8 Å². The number of alkyl carbamates (subject to hydrolysis) is 1. The van der Waals surface area contributed by atoms with Crippen LogP contribution in [-0.4, -0.2) is 23.5 Å². The van der Waals surface area contributed by atoms with Gasteiger partial charge in [-0.25, -0.2) is 4.79 Å². The molecule has 0 saturated carbocycles. The molecule has 0 spiro atoms. The molecule has 0 heterocycles. The summed E-state index contributed by atoms with van der Waals surface area (Å²) < 4.78 is 5.07. The van der Waals surface area contributed by atoms with Crippen molar-refractivity contribution in [1.29, 1.82) is 0 Å². The predicted molar refractivity (Wildman–Crippen MR) is 88.5 cm³/mol. The van der Waals surface area contributed by atoms with Gasteiger partial charge in [0.2, 0.25) is 0 Å². The number of amides is 1. The lowest BCUT2D eigenvalue weighted by Crippen LogP contribution is -2.49. The van der Waals surface area contributed by atoms with Gasteiger partial charge in [0.15, 0.2) is 0 Å². The number of aryl methyl sites for hydroxylation is 1. The highest BCUT2D eigenvalue weighted by atomic mass is 16.5. The number of hydrogen-bond acceptors (Lipinski definition) is 4. The molecule has 2 aromatic carbocycles. The van der Waals surface area contributed by atoms with Gasteiger partial charge in [-0.2, -0.15) is 0 Å². The van der Waals surface area contributed by atoms with Crippen molar-refractivity contribution in [1.82, 2.24) is 5.32 Å². The predicted octanol–water partition coefficient (Wildman–Crippen LogP) is 2.19. The van der Waals surface area contributed by atoms with Gasteiger partial charge >= 0.3 is 6.09 Å². The molecule has 1 unspecified atom stereocenters. The lowest BCUT2D eigenvalue weighted by atomic mass is 10.1. The van der Waals surface area contributed by atoms with Crippen LogP contribution in [0.15, 0.2) is 60.7 Å². The third-order valence-corrected chi connectivity index (χ3v) is 3.48. The van der Waals surface area contributed by atoms with E-state index in [-0.39, 0.29) is 6.61 Å². The lowest BCUT2D eigenvalue weighted by molar-refractivity contribution is 0.0985. The number of nitrogens with two attached hydrogens (primary N) is 1. The molecule has 2 atom stereocenters. The quantitative estimate of drug-likeness (QED) is 0.684. The smallest absolute Gasteiger partial charge is 0.408 e. The number of hydrogen-bond donors (Lipinski definition) is 3. The van der Waals surface area contributed by atoms with E-state index in [2.05, 4.69) is 5.32 Å². The summed E-state index contributed by atoms with van der Waals surface area (Å²) in [5.74, 6) is 0. The molecular formula is C18H22N2O3.